The Kier molecular flexibility index (Phi) is 4.55. The maximum absolute atomic E-state index is 12.4. The van der Waals surface area contributed by atoms with Crippen molar-refractivity contribution >= 4 is 48.4 Å². The Labute approximate surface area is 129 Å². The van der Waals surface area contributed by atoms with Crippen molar-refractivity contribution in [2.24, 2.45) is 0 Å². The molecule has 2 aromatic heterocycles. The van der Waals surface area contributed by atoms with Gasteiger partial charge in [0.25, 0.3) is 10.0 Å². The van der Waals surface area contributed by atoms with Gasteiger partial charge in [-0.05, 0) is 35.8 Å². The first-order valence-electron chi connectivity index (χ1n) is 5.65. The lowest BCUT2D eigenvalue weighted by Crippen LogP contribution is -2.16. The van der Waals surface area contributed by atoms with Gasteiger partial charge in [0.05, 0.1) is 0 Å². The van der Waals surface area contributed by atoms with Gasteiger partial charge in [-0.15, -0.1) is 0 Å². The number of hydrogen-bond acceptors (Lipinski definition) is 7. The van der Waals surface area contributed by atoms with Crippen molar-refractivity contribution in [2.75, 3.05) is 16.6 Å². The zero-order chi connectivity index (χ0) is 14.8. The van der Waals surface area contributed by atoms with Gasteiger partial charge < -0.3 is 5.32 Å². The van der Waals surface area contributed by atoms with E-state index in [1.807, 2.05) is 6.92 Å². The molecule has 0 saturated carbocycles. The molecule has 0 aromatic carbocycles. The smallest absolute Gasteiger partial charge is 0.267 e. The van der Waals surface area contributed by atoms with Crippen molar-refractivity contribution in [3.05, 3.63) is 22.6 Å². The van der Waals surface area contributed by atoms with Crippen molar-refractivity contribution in [3.63, 3.8) is 0 Å². The minimum Gasteiger partial charge on any atom is -0.369 e. The van der Waals surface area contributed by atoms with Crippen molar-refractivity contribution in [1.29, 1.82) is 0 Å². The number of hydrogen-bond donors (Lipinski definition) is 2. The fourth-order valence-corrected chi connectivity index (χ4v) is 3.87. The highest BCUT2D eigenvalue weighted by Gasteiger charge is 2.21. The third-order valence-electron chi connectivity index (χ3n) is 2.20. The molecule has 2 heterocycles. The molecule has 0 aliphatic carbocycles. The summed E-state index contributed by atoms with van der Waals surface area (Å²) in [4.78, 5) is 8.11. The summed E-state index contributed by atoms with van der Waals surface area (Å²) in [6.07, 6.45) is 1.53. The van der Waals surface area contributed by atoms with Gasteiger partial charge in [0.2, 0.25) is 5.13 Å². The molecule has 0 fully saturated rings. The molecule has 0 saturated heterocycles. The van der Waals surface area contributed by atoms with Crippen molar-refractivity contribution in [2.45, 2.75) is 18.7 Å². The van der Waals surface area contributed by atoms with Crippen LogP contribution in [0.25, 0.3) is 0 Å². The summed E-state index contributed by atoms with van der Waals surface area (Å²) in [6.45, 7) is 4.12. The maximum Gasteiger partial charge on any atom is 0.267 e. The highest BCUT2D eigenvalue weighted by Crippen LogP contribution is 2.25. The monoisotopic (exact) mass is 377 g/mol. The lowest BCUT2D eigenvalue weighted by atomic mass is 10.4. The first-order valence-corrected chi connectivity index (χ1v) is 8.70. The van der Waals surface area contributed by atoms with E-state index in [2.05, 4.69) is 40.3 Å². The molecule has 2 N–H and O–H groups in total. The van der Waals surface area contributed by atoms with Crippen LogP contribution in [0.5, 0.6) is 0 Å². The van der Waals surface area contributed by atoms with Crippen LogP contribution in [0.3, 0.4) is 0 Å². The number of aryl methyl sites for hydroxylation is 1. The van der Waals surface area contributed by atoms with Crippen LogP contribution < -0.4 is 10.0 Å². The van der Waals surface area contributed by atoms with Crippen LogP contribution in [0.4, 0.5) is 10.9 Å². The molecule has 0 aliphatic heterocycles. The van der Waals surface area contributed by atoms with E-state index in [1.165, 1.54) is 12.3 Å². The average molecular weight is 378 g/mol. The second-order valence-electron chi connectivity index (χ2n) is 3.78. The Balaban J connectivity index is 2.40. The summed E-state index contributed by atoms with van der Waals surface area (Å²) in [5, 5.41) is 3.14. The van der Waals surface area contributed by atoms with E-state index in [-0.39, 0.29) is 10.0 Å². The number of anilines is 2. The van der Waals surface area contributed by atoms with Crippen LogP contribution in [0, 0.1) is 6.92 Å². The van der Waals surface area contributed by atoms with Gasteiger partial charge in [-0.25, -0.2) is 18.4 Å². The quantitative estimate of drug-likeness (QED) is 0.828. The fourth-order valence-electron chi connectivity index (χ4n) is 1.43. The maximum atomic E-state index is 12.4. The predicted octanol–water partition coefficient (Wildman–Crippen LogP) is 2.24. The zero-order valence-corrected chi connectivity index (χ0v) is 13.9. The summed E-state index contributed by atoms with van der Waals surface area (Å²) in [7, 11) is -3.77. The average Bonchev–Trinajstić information content (AvgIpc) is 2.76. The van der Waals surface area contributed by atoms with Crippen LogP contribution in [-0.4, -0.2) is 29.3 Å². The predicted molar refractivity (Wildman–Crippen MR) is 81.6 cm³/mol. The molecule has 2 rings (SSSR count). The summed E-state index contributed by atoms with van der Waals surface area (Å²) < 4.78 is 31.7. The second kappa shape index (κ2) is 6.02. The molecule has 0 radical (unpaired) electrons. The van der Waals surface area contributed by atoms with Crippen molar-refractivity contribution in [1.82, 2.24) is 14.3 Å². The molecule has 108 valence electrons. The summed E-state index contributed by atoms with van der Waals surface area (Å²) in [5.41, 5.74) is 0. The summed E-state index contributed by atoms with van der Waals surface area (Å²) in [6, 6.07) is 1.49. The number of nitrogens with one attached hydrogen (secondary N) is 2. The van der Waals surface area contributed by atoms with E-state index >= 15 is 0 Å². The van der Waals surface area contributed by atoms with Crippen LogP contribution in [-0.2, 0) is 10.0 Å². The zero-order valence-electron chi connectivity index (χ0n) is 10.7. The minimum atomic E-state index is -3.77. The lowest BCUT2D eigenvalue weighted by molar-refractivity contribution is 0.601. The summed E-state index contributed by atoms with van der Waals surface area (Å²) >= 11 is 4.21. The van der Waals surface area contributed by atoms with Gasteiger partial charge in [0.15, 0.2) is 0 Å². The largest absolute Gasteiger partial charge is 0.369 e. The fraction of sp³-hybridized carbons (Fsp3) is 0.300. The number of rotatable bonds is 5. The molecule has 0 unspecified atom stereocenters. The molecule has 0 bridgehead atoms. The molecule has 0 spiro atoms. The lowest BCUT2D eigenvalue weighted by Gasteiger charge is -2.10. The third kappa shape index (κ3) is 3.44. The van der Waals surface area contributed by atoms with Gasteiger partial charge in [-0.3, -0.25) is 4.72 Å². The third-order valence-corrected chi connectivity index (χ3v) is 4.84. The number of sulfonamides is 1. The van der Waals surface area contributed by atoms with Gasteiger partial charge in [-0.1, -0.05) is 0 Å². The Morgan fingerprint density at radius 3 is 2.80 bits per heavy atom. The Morgan fingerprint density at radius 1 is 1.45 bits per heavy atom. The Bertz CT molecular complexity index is 716. The Morgan fingerprint density at radius 2 is 2.20 bits per heavy atom. The Hall–Kier alpha value is -1.26. The molecule has 0 amide bonds. The van der Waals surface area contributed by atoms with E-state index in [9.17, 15) is 8.42 Å². The molecule has 10 heteroatoms. The van der Waals surface area contributed by atoms with Crippen LogP contribution >= 0.6 is 27.5 Å². The van der Waals surface area contributed by atoms with Gasteiger partial charge in [-0.2, -0.15) is 4.37 Å². The molecule has 7 nitrogen and oxygen atoms in total. The van der Waals surface area contributed by atoms with E-state index in [4.69, 9.17) is 0 Å². The summed E-state index contributed by atoms with van der Waals surface area (Å²) in [5.74, 6) is 0.816. The number of nitrogens with zero attached hydrogens (tertiary/aromatic N) is 3. The SMILES string of the molecule is CCNc1ncc(Br)cc1S(=O)(=O)Nc1nc(C)ns1. The molecular weight excluding hydrogens is 366 g/mol. The van der Waals surface area contributed by atoms with Gasteiger partial charge >= 0.3 is 0 Å². The van der Waals surface area contributed by atoms with E-state index in [1.54, 1.807) is 6.92 Å². The van der Waals surface area contributed by atoms with Gasteiger partial charge in [0.1, 0.15) is 16.5 Å². The standard InChI is InChI=1S/C10H12BrN5O2S2/c1-3-12-9-8(4-7(11)5-13-9)20(17,18)16-10-14-6(2)15-19-10/h4-5H,3H2,1-2H3,(H,12,13)(H,14,15,16). The number of aromatic nitrogens is 3. The molecule has 0 aliphatic rings. The molecular formula is C10H12BrN5O2S2. The first kappa shape index (κ1) is 15.1. The molecule has 0 atom stereocenters. The van der Waals surface area contributed by atoms with E-state index < -0.39 is 10.0 Å². The number of pyridine rings is 1. The van der Waals surface area contributed by atoms with Crippen molar-refractivity contribution < 1.29 is 8.42 Å². The highest BCUT2D eigenvalue weighted by atomic mass is 79.9. The first-order chi connectivity index (χ1) is 9.42. The molecule has 20 heavy (non-hydrogen) atoms. The van der Waals surface area contributed by atoms with Crippen LogP contribution in [0.15, 0.2) is 21.6 Å². The van der Waals surface area contributed by atoms with E-state index in [0.717, 1.165) is 11.5 Å². The molecule has 2 aromatic rings. The minimum absolute atomic E-state index is 0.0570. The highest BCUT2D eigenvalue weighted by molar-refractivity contribution is 9.10. The number of halogens is 1. The van der Waals surface area contributed by atoms with E-state index in [0.29, 0.717) is 22.7 Å². The second-order valence-corrected chi connectivity index (χ2v) is 7.10. The van der Waals surface area contributed by atoms with Crippen molar-refractivity contribution in [3.8, 4) is 0 Å². The topological polar surface area (TPSA) is 96.9 Å². The normalized spacial score (nSPS) is 11.3. The van der Waals surface area contributed by atoms with Crippen LogP contribution in [0.1, 0.15) is 12.7 Å². The van der Waals surface area contributed by atoms with Crippen LogP contribution in [0.2, 0.25) is 0 Å². The van der Waals surface area contributed by atoms with Gasteiger partial charge in [0, 0.05) is 28.7 Å².